The molecule has 8 nitrogen and oxygen atoms in total. The van der Waals surface area contributed by atoms with Crippen LogP contribution in [0.15, 0.2) is 36.4 Å². The van der Waals surface area contributed by atoms with Crippen LogP contribution in [0.4, 0.5) is 11.4 Å². The molecule has 0 saturated carbocycles. The molecule has 2 aromatic carbocycles. The number of fused-ring (bicyclic) bond motifs is 1. The lowest BCUT2D eigenvalue weighted by atomic mass is 10.2. The molecular formula is C18H19ClN2O6. The van der Waals surface area contributed by atoms with E-state index < -0.39 is 0 Å². The summed E-state index contributed by atoms with van der Waals surface area (Å²) >= 11 is 5.29. The number of anilines is 2. The van der Waals surface area contributed by atoms with Gasteiger partial charge in [0.15, 0.2) is 6.61 Å². The highest BCUT2D eigenvalue weighted by molar-refractivity contribution is 6.29. The van der Waals surface area contributed by atoms with Gasteiger partial charge in [-0.15, -0.1) is 11.6 Å². The van der Waals surface area contributed by atoms with Crippen molar-refractivity contribution in [2.24, 2.45) is 0 Å². The topological polar surface area (TPSA) is 106 Å². The van der Waals surface area contributed by atoms with Crippen LogP contribution in [0.25, 0.3) is 0 Å². The predicted octanol–water partition coefficient (Wildman–Crippen LogP) is 2.60. The van der Waals surface area contributed by atoms with Crippen LogP contribution < -0.4 is 24.8 Å². The van der Waals surface area contributed by atoms with Crippen molar-refractivity contribution >= 4 is 34.8 Å². The van der Waals surface area contributed by atoms with Crippen molar-refractivity contribution in [3.8, 4) is 23.0 Å². The molecule has 3 rings (SSSR count). The Hall–Kier alpha value is -3.13. The molecule has 2 amide bonds. The highest BCUT2D eigenvalue weighted by Gasteiger charge is 2.15. The molecule has 9 heteroatoms. The Labute approximate surface area is 161 Å². The van der Waals surface area contributed by atoms with E-state index in [4.69, 9.17) is 25.8 Å². The number of nitrogens with one attached hydrogen (secondary N) is 2. The maximum Gasteiger partial charge on any atom is 0.262 e. The molecule has 0 aliphatic carbocycles. The molecule has 27 heavy (non-hydrogen) atoms. The summed E-state index contributed by atoms with van der Waals surface area (Å²) in [4.78, 5) is 21.8. The first kappa shape index (κ1) is 20.2. The van der Waals surface area contributed by atoms with Crippen molar-refractivity contribution in [3.05, 3.63) is 36.4 Å². The van der Waals surface area contributed by atoms with Gasteiger partial charge in [-0.2, -0.15) is 0 Å². The summed E-state index contributed by atoms with van der Waals surface area (Å²) in [5.74, 6) is 1.19. The van der Waals surface area contributed by atoms with Gasteiger partial charge in [0.1, 0.15) is 28.9 Å². The van der Waals surface area contributed by atoms with E-state index in [2.05, 4.69) is 10.6 Å². The Morgan fingerprint density at radius 2 is 1.89 bits per heavy atom. The summed E-state index contributed by atoms with van der Waals surface area (Å²) in [6.45, 7) is 0.0696. The number of phenolic OH excluding ortho intramolecular Hbond substituents is 1. The molecule has 0 radical (unpaired) electrons. The van der Waals surface area contributed by atoms with E-state index in [0.29, 0.717) is 22.9 Å². The molecular weight excluding hydrogens is 376 g/mol. The SMILES string of the molecule is COc1ccc(NC(=O)CCl)c(O)c1.COc1ccc2c(c1)OCC(=O)N2. The van der Waals surface area contributed by atoms with Crippen molar-refractivity contribution < 1.29 is 28.9 Å². The molecule has 0 spiro atoms. The van der Waals surface area contributed by atoms with Crippen LogP contribution in [0.3, 0.4) is 0 Å². The Bertz CT molecular complexity index is 827. The van der Waals surface area contributed by atoms with E-state index in [9.17, 15) is 14.7 Å². The quantitative estimate of drug-likeness (QED) is 0.543. The molecule has 0 unspecified atom stereocenters. The van der Waals surface area contributed by atoms with Crippen LogP contribution >= 0.6 is 11.6 Å². The van der Waals surface area contributed by atoms with Crippen molar-refractivity contribution in [1.29, 1.82) is 0 Å². The van der Waals surface area contributed by atoms with Crippen molar-refractivity contribution in [1.82, 2.24) is 0 Å². The Morgan fingerprint density at radius 3 is 2.52 bits per heavy atom. The maximum atomic E-state index is 10.9. The summed E-state index contributed by atoms with van der Waals surface area (Å²) in [5, 5.41) is 14.6. The van der Waals surface area contributed by atoms with E-state index in [0.717, 1.165) is 5.75 Å². The molecule has 0 bridgehead atoms. The third-order valence-corrected chi connectivity index (χ3v) is 3.66. The number of rotatable bonds is 4. The van der Waals surface area contributed by atoms with E-state index in [-0.39, 0.29) is 30.1 Å². The van der Waals surface area contributed by atoms with E-state index in [1.165, 1.54) is 13.2 Å². The first-order valence-corrected chi connectivity index (χ1v) is 8.33. The minimum Gasteiger partial charge on any atom is -0.506 e. The molecule has 0 saturated heterocycles. The first-order valence-electron chi connectivity index (χ1n) is 7.80. The van der Waals surface area contributed by atoms with Gasteiger partial charge < -0.3 is 30.0 Å². The van der Waals surface area contributed by atoms with Gasteiger partial charge in [0.05, 0.1) is 25.6 Å². The number of alkyl halides is 1. The highest BCUT2D eigenvalue weighted by atomic mass is 35.5. The van der Waals surface area contributed by atoms with Gasteiger partial charge in [0.25, 0.3) is 5.91 Å². The number of carbonyl (C=O) groups excluding carboxylic acids is 2. The zero-order valence-corrected chi connectivity index (χ0v) is 15.5. The lowest BCUT2D eigenvalue weighted by Crippen LogP contribution is -2.25. The summed E-state index contributed by atoms with van der Waals surface area (Å²) in [5.41, 5.74) is 1.01. The number of hydrogen-bond donors (Lipinski definition) is 3. The number of amides is 2. The summed E-state index contributed by atoms with van der Waals surface area (Å²) in [6.07, 6.45) is 0. The monoisotopic (exact) mass is 394 g/mol. The number of hydrogen-bond acceptors (Lipinski definition) is 6. The number of benzene rings is 2. The van der Waals surface area contributed by atoms with Crippen LogP contribution in [0, 0.1) is 0 Å². The van der Waals surface area contributed by atoms with Crippen molar-refractivity contribution in [3.63, 3.8) is 0 Å². The zero-order valence-electron chi connectivity index (χ0n) is 14.7. The fourth-order valence-corrected chi connectivity index (χ4v) is 2.18. The summed E-state index contributed by atoms with van der Waals surface area (Å²) in [7, 11) is 3.08. The van der Waals surface area contributed by atoms with Crippen LogP contribution in [0.1, 0.15) is 0 Å². The zero-order chi connectivity index (χ0) is 19.8. The Balaban J connectivity index is 0.000000194. The largest absolute Gasteiger partial charge is 0.506 e. The minimum atomic E-state index is -0.368. The standard InChI is InChI=1S/C9H10ClNO3.C9H9NO3/c1-14-6-2-3-7(8(12)4-6)11-9(13)5-10;1-12-6-2-3-7-8(4-6)13-5-9(11)10-7/h2-4,12H,5H2,1H3,(H,11,13);2-4H,5H2,1H3,(H,10,11). The normalized spacial score (nSPS) is 11.7. The van der Waals surface area contributed by atoms with E-state index >= 15 is 0 Å². The molecule has 1 aliphatic heterocycles. The number of aromatic hydroxyl groups is 1. The van der Waals surface area contributed by atoms with Gasteiger partial charge in [-0.25, -0.2) is 0 Å². The van der Waals surface area contributed by atoms with Gasteiger partial charge in [-0.3, -0.25) is 9.59 Å². The fourth-order valence-electron chi connectivity index (χ4n) is 2.11. The maximum absolute atomic E-state index is 10.9. The van der Waals surface area contributed by atoms with E-state index in [1.807, 2.05) is 0 Å². The molecule has 2 aromatic rings. The number of halogens is 1. The lowest BCUT2D eigenvalue weighted by molar-refractivity contribution is -0.118. The lowest BCUT2D eigenvalue weighted by Gasteiger charge is -2.17. The average molecular weight is 395 g/mol. The average Bonchev–Trinajstić information content (AvgIpc) is 2.69. The smallest absolute Gasteiger partial charge is 0.262 e. The van der Waals surface area contributed by atoms with Crippen LogP contribution in [0.2, 0.25) is 0 Å². The summed E-state index contributed by atoms with van der Waals surface area (Å²) < 4.78 is 15.1. The molecule has 1 aliphatic rings. The minimum absolute atomic E-state index is 0.0529. The van der Waals surface area contributed by atoms with Crippen LogP contribution in [-0.2, 0) is 9.59 Å². The molecule has 0 fully saturated rings. The number of phenols is 1. The van der Waals surface area contributed by atoms with Gasteiger partial charge >= 0.3 is 0 Å². The Kier molecular flexibility index (Phi) is 7.13. The van der Waals surface area contributed by atoms with Crippen LogP contribution in [-0.4, -0.2) is 43.6 Å². The van der Waals surface area contributed by atoms with Gasteiger partial charge in [-0.05, 0) is 24.3 Å². The van der Waals surface area contributed by atoms with Crippen LogP contribution in [0.5, 0.6) is 23.0 Å². The first-order chi connectivity index (χ1) is 13.0. The third-order valence-electron chi connectivity index (χ3n) is 3.42. The van der Waals surface area contributed by atoms with Gasteiger partial charge in [-0.1, -0.05) is 0 Å². The van der Waals surface area contributed by atoms with Gasteiger partial charge in [0.2, 0.25) is 5.91 Å². The second-order valence-corrected chi connectivity index (χ2v) is 5.53. The number of methoxy groups -OCH3 is 2. The summed E-state index contributed by atoms with van der Waals surface area (Å²) in [6, 6.07) is 9.85. The van der Waals surface area contributed by atoms with Crippen molar-refractivity contribution in [2.75, 3.05) is 37.3 Å². The second-order valence-electron chi connectivity index (χ2n) is 5.26. The van der Waals surface area contributed by atoms with Crippen molar-refractivity contribution in [2.45, 2.75) is 0 Å². The second kappa shape index (κ2) is 9.54. The highest BCUT2D eigenvalue weighted by Crippen LogP contribution is 2.31. The molecule has 0 aromatic heterocycles. The third kappa shape index (κ3) is 5.68. The molecule has 3 N–H and O–H groups in total. The molecule has 1 heterocycles. The number of ether oxygens (including phenoxy) is 3. The predicted molar refractivity (Wildman–Crippen MR) is 101 cm³/mol. The van der Waals surface area contributed by atoms with Gasteiger partial charge in [0, 0.05) is 12.1 Å². The van der Waals surface area contributed by atoms with E-state index in [1.54, 1.807) is 37.4 Å². The fraction of sp³-hybridized carbons (Fsp3) is 0.222. The molecule has 0 atom stereocenters. The Morgan fingerprint density at radius 1 is 1.22 bits per heavy atom. The molecule has 144 valence electrons. The number of carbonyl (C=O) groups is 2.